The van der Waals surface area contributed by atoms with Crippen molar-refractivity contribution >= 4 is 5.69 Å². The highest BCUT2D eigenvalue weighted by atomic mass is 16.5. The Labute approximate surface area is 91.1 Å². The number of aliphatic hydroxyl groups is 1. The number of benzene rings is 1. The highest BCUT2D eigenvalue weighted by Crippen LogP contribution is 2.28. The van der Waals surface area contributed by atoms with Gasteiger partial charge in [-0.3, -0.25) is 0 Å². The smallest absolute Gasteiger partial charge is 0.141 e. The van der Waals surface area contributed by atoms with E-state index in [1.165, 1.54) is 5.56 Å². The Bertz CT molecular complexity index is 310. The monoisotopic (exact) mass is 209 g/mol. The third-order valence-corrected chi connectivity index (χ3v) is 2.32. The molecule has 0 aliphatic heterocycles. The van der Waals surface area contributed by atoms with Crippen molar-refractivity contribution < 1.29 is 9.84 Å². The van der Waals surface area contributed by atoms with Gasteiger partial charge in [-0.05, 0) is 23.6 Å². The summed E-state index contributed by atoms with van der Waals surface area (Å²) in [5.41, 5.74) is 2.20. The summed E-state index contributed by atoms with van der Waals surface area (Å²) < 4.78 is 5.23. The van der Waals surface area contributed by atoms with E-state index in [0.29, 0.717) is 12.5 Å². The first kappa shape index (κ1) is 11.9. The summed E-state index contributed by atoms with van der Waals surface area (Å²) in [5.74, 6) is 1.30. The normalized spacial score (nSPS) is 10.5. The maximum atomic E-state index is 8.77. The average Bonchev–Trinajstić information content (AvgIpc) is 2.25. The molecule has 1 rings (SSSR count). The summed E-state index contributed by atoms with van der Waals surface area (Å²) in [6.45, 7) is 4.96. The van der Waals surface area contributed by atoms with Gasteiger partial charge in [0.05, 0.1) is 19.4 Å². The zero-order chi connectivity index (χ0) is 11.3. The van der Waals surface area contributed by atoms with Crippen molar-refractivity contribution in [3.63, 3.8) is 0 Å². The van der Waals surface area contributed by atoms with Crippen molar-refractivity contribution in [2.45, 2.75) is 19.8 Å². The van der Waals surface area contributed by atoms with Gasteiger partial charge in [-0.15, -0.1) is 0 Å². The number of hydrogen-bond acceptors (Lipinski definition) is 3. The van der Waals surface area contributed by atoms with E-state index in [1.807, 2.05) is 6.07 Å². The Balaban J connectivity index is 2.91. The molecule has 0 fully saturated rings. The predicted molar refractivity (Wildman–Crippen MR) is 62.7 cm³/mol. The molecule has 0 bridgehead atoms. The fourth-order valence-corrected chi connectivity index (χ4v) is 1.41. The van der Waals surface area contributed by atoms with E-state index in [0.717, 1.165) is 11.4 Å². The minimum Gasteiger partial charge on any atom is -0.495 e. The van der Waals surface area contributed by atoms with Crippen LogP contribution in [0.3, 0.4) is 0 Å². The molecule has 3 heteroatoms. The average molecular weight is 209 g/mol. The first-order valence-electron chi connectivity index (χ1n) is 5.21. The van der Waals surface area contributed by atoms with E-state index >= 15 is 0 Å². The van der Waals surface area contributed by atoms with Crippen LogP contribution in [0.5, 0.6) is 5.75 Å². The molecule has 0 spiro atoms. The van der Waals surface area contributed by atoms with Gasteiger partial charge in [-0.1, -0.05) is 19.9 Å². The molecule has 1 aromatic carbocycles. The zero-order valence-corrected chi connectivity index (χ0v) is 9.58. The number of nitrogens with one attached hydrogen (secondary N) is 1. The van der Waals surface area contributed by atoms with Gasteiger partial charge in [0, 0.05) is 6.54 Å². The molecule has 15 heavy (non-hydrogen) atoms. The van der Waals surface area contributed by atoms with E-state index in [1.54, 1.807) is 7.11 Å². The molecule has 0 atom stereocenters. The van der Waals surface area contributed by atoms with E-state index in [9.17, 15) is 0 Å². The highest BCUT2D eigenvalue weighted by molar-refractivity contribution is 5.58. The zero-order valence-electron chi connectivity index (χ0n) is 9.58. The van der Waals surface area contributed by atoms with Gasteiger partial charge in [0.25, 0.3) is 0 Å². The standard InChI is InChI=1S/C12H19NO2/c1-9(2)10-4-5-12(15-3)11(8-10)13-6-7-14/h4-5,8-9,13-14H,6-7H2,1-3H3. The molecular formula is C12H19NO2. The van der Waals surface area contributed by atoms with Crippen LogP contribution in [0.15, 0.2) is 18.2 Å². The van der Waals surface area contributed by atoms with Crippen molar-refractivity contribution in [1.29, 1.82) is 0 Å². The summed E-state index contributed by atoms with van der Waals surface area (Å²) in [5, 5.41) is 11.9. The van der Waals surface area contributed by atoms with Gasteiger partial charge in [-0.2, -0.15) is 0 Å². The fourth-order valence-electron chi connectivity index (χ4n) is 1.41. The molecule has 0 saturated heterocycles. The molecule has 0 saturated carbocycles. The van der Waals surface area contributed by atoms with Crippen molar-refractivity contribution in [3.05, 3.63) is 23.8 Å². The number of aliphatic hydroxyl groups excluding tert-OH is 1. The number of hydrogen-bond donors (Lipinski definition) is 2. The van der Waals surface area contributed by atoms with Gasteiger partial charge >= 0.3 is 0 Å². The summed E-state index contributed by atoms with van der Waals surface area (Å²) in [4.78, 5) is 0. The lowest BCUT2D eigenvalue weighted by Crippen LogP contribution is -2.07. The summed E-state index contributed by atoms with van der Waals surface area (Å²) in [6.07, 6.45) is 0. The van der Waals surface area contributed by atoms with Gasteiger partial charge in [-0.25, -0.2) is 0 Å². The van der Waals surface area contributed by atoms with Crippen LogP contribution in [0.2, 0.25) is 0 Å². The van der Waals surface area contributed by atoms with Crippen molar-refractivity contribution in [1.82, 2.24) is 0 Å². The number of rotatable bonds is 5. The maximum Gasteiger partial charge on any atom is 0.141 e. The van der Waals surface area contributed by atoms with Crippen LogP contribution in [0.4, 0.5) is 5.69 Å². The highest BCUT2D eigenvalue weighted by Gasteiger charge is 2.05. The lowest BCUT2D eigenvalue weighted by Gasteiger charge is -2.13. The molecule has 2 N–H and O–H groups in total. The predicted octanol–water partition coefficient (Wildman–Crippen LogP) is 2.22. The van der Waals surface area contributed by atoms with Crippen LogP contribution in [-0.4, -0.2) is 25.4 Å². The number of ether oxygens (including phenoxy) is 1. The quantitative estimate of drug-likeness (QED) is 0.781. The third kappa shape index (κ3) is 3.13. The van der Waals surface area contributed by atoms with Gasteiger partial charge < -0.3 is 15.2 Å². The van der Waals surface area contributed by atoms with E-state index < -0.39 is 0 Å². The second kappa shape index (κ2) is 5.61. The Kier molecular flexibility index (Phi) is 4.43. The largest absolute Gasteiger partial charge is 0.495 e. The van der Waals surface area contributed by atoms with Crippen molar-refractivity contribution in [2.24, 2.45) is 0 Å². The molecule has 3 nitrogen and oxygen atoms in total. The molecule has 1 aromatic rings. The molecular weight excluding hydrogens is 190 g/mol. The molecule has 0 unspecified atom stereocenters. The topological polar surface area (TPSA) is 41.5 Å². The first-order valence-corrected chi connectivity index (χ1v) is 5.21. The van der Waals surface area contributed by atoms with E-state index in [4.69, 9.17) is 9.84 Å². The summed E-state index contributed by atoms with van der Waals surface area (Å²) in [6, 6.07) is 6.09. The maximum absolute atomic E-state index is 8.77. The van der Waals surface area contributed by atoms with Crippen molar-refractivity contribution in [3.8, 4) is 5.75 Å². The lowest BCUT2D eigenvalue weighted by molar-refractivity contribution is 0.311. The SMILES string of the molecule is COc1ccc(C(C)C)cc1NCCO. The molecule has 0 heterocycles. The third-order valence-electron chi connectivity index (χ3n) is 2.32. The van der Waals surface area contributed by atoms with Crippen LogP contribution in [0.25, 0.3) is 0 Å². The van der Waals surface area contributed by atoms with Gasteiger partial charge in [0.1, 0.15) is 5.75 Å². The van der Waals surface area contributed by atoms with Crippen LogP contribution >= 0.6 is 0 Å². The molecule has 0 aliphatic carbocycles. The summed E-state index contributed by atoms with van der Waals surface area (Å²) in [7, 11) is 1.65. The number of methoxy groups -OCH3 is 1. The Morgan fingerprint density at radius 1 is 1.40 bits per heavy atom. The fraction of sp³-hybridized carbons (Fsp3) is 0.500. The molecule has 0 aromatic heterocycles. The second-order valence-electron chi connectivity index (χ2n) is 3.76. The lowest BCUT2D eigenvalue weighted by atomic mass is 10.0. The van der Waals surface area contributed by atoms with Crippen LogP contribution < -0.4 is 10.1 Å². The first-order chi connectivity index (χ1) is 7.19. The Morgan fingerprint density at radius 2 is 2.13 bits per heavy atom. The second-order valence-corrected chi connectivity index (χ2v) is 3.76. The summed E-state index contributed by atoms with van der Waals surface area (Å²) >= 11 is 0. The van der Waals surface area contributed by atoms with Gasteiger partial charge in [0.15, 0.2) is 0 Å². The number of anilines is 1. The molecule has 0 amide bonds. The van der Waals surface area contributed by atoms with Crippen LogP contribution in [0.1, 0.15) is 25.3 Å². The van der Waals surface area contributed by atoms with E-state index in [2.05, 4.69) is 31.3 Å². The Morgan fingerprint density at radius 3 is 2.67 bits per heavy atom. The van der Waals surface area contributed by atoms with E-state index in [-0.39, 0.29) is 6.61 Å². The van der Waals surface area contributed by atoms with Crippen LogP contribution in [-0.2, 0) is 0 Å². The minimum absolute atomic E-state index is 0.120. The van der Waals surface area contributed by atoms with Gasteiger partial charge in [0.2, 0.25) is 0 Å². The molecule has 0 aliphatic rings. The van der Waals surface area contributed by atoms with Crippen molar-refractivity contribution in [2.75, 3.05) is 25.6 Å². The minimum atomic E-state index is 0.120. The molecule has 84 valence electrons. The Hall–Kier alpha value is -1.22. The molecule has 0 radical (unpaired) electrons. The van der Waals surface area contributed by atoms with Crippen LogP contribution in [0, 0.1) is 0 Å².